The number of aromatic nitrogens is 4. The normalized spacial score (nSPS) is 17.4. The first-order chi connectivity index (χ1) is 25.4. The molecule has 1 N–H and O–H groups in total. The number of anilines is 2. The number of nitrogens with one attached hydrogen (secondary N) is 1. The third-order valence-electron chi connectivity index (χ3n) is 9.64. The molecule has 0 saturated carbocycles. The van der Waals surface area contributed by atoms with Crippen LogP contribution in [0.1, 0.15) is 32.1 Å². The molecule has 258 valence electrons. The molecule has 2 aromatic heterocycles. The Bertz CT molecular complexity index is 2630. The Morgan fingerprint density at radius 3 is 2.33 bits per heavy atom. The average molecular weight is 692 g/mol. The van der Waals surface area contributed by atoms with Crippen molar-refractivity contribution in [2.75, 3.05) is 11.9 Å². The Kier molecular flexibility index (Phi) is 7.77. The Morgan fingerprint density at radius 2 is 1.56 bits per heavy atom. The first kappa shape index (κ1) is 31.6. The second-order valence-corrected chi connectivity index (χ2v) is 13.0. The Balaban J connectivity index is 1.18. The van der Waals surface area contributed by atoms with Crippen molar-refractivity contribution >= 4 is 77.8 Å². The van der Waals surface area contributed by atoms with Gasteiger partial charge in [0.2, 0.25) is 11.8 Å². The lowest BCUT2D eigenvalue weighted by Crippen LogP contribution is -2.31. The van der Waals surface area contributed by atoms with E-state index in [0.717, 1.165) is 32.8 Å². The molecule has 8 aromatic rings. The lowest BCUT2D eigenvalue weighted by atomic mass is 9.90. The number of ether oxygens (including phenoxy) is 4. The van der Waals surface area contributed by atoms with Crippen molar-refractivity contribution in [2.24, 2.45) is 0 Å². The van der Waals surface area contributed by atoms with E-state index in [9.17, 15) is 9.59 Å². The highest BCUT2D eigenvalue weighted by Gasteiger charge is 2.40. The molecule has 6 aromatic carbocycles. The molecule has 0 unspecified atom stereocenters. The summed E-state index contributed by atoms with van der Waals surface area (Å²) in [5, 5.41) is 12.7. The smallest absolute Gasteiger partial charge is 0.303 e. The molecular formula is C41H33N5O6. The molecule has 3 atom stereocenters. The van der Waals surface area contributed by atoms with Crippen LogP contribution in [0.15, 0.2) is 103 Å². The van der Waals surface area contributed by atoms with E-state index in [1.165, 1.54) is 35.4 Å². The Labute approximate surface area is 297 Å². The summed E-state index contributed by atoms with van der Waals surface area (Å²) in [4.78, 5) is 38.2. The summed E-state index contributed by atoms with van der Waals surface area (Å²) >= 11 is 0. The van der Waals surface area contributed by atoms with E-state index in [2.05, 4.69) is 71.0 Å². The van der Waals surface area contributed by atoms with E-state index in [4.69, 9.17) is 28.9 Å². The van der Waals surface area contributed by atoms with E-state index in [-0.39, 0.29) is 13.2 Å². The van der Waals surface area contributed by atoms with Crippen LogP contribution in [-0.2, 0) is 30.4 Å². The van der Waals surface area contributed by atoms with E-state index in [1.54, 1.807) is 10.9 Å². The fraction of sp³-hybridized carbons (Fsp3) is 0.195. The number of fused-ring (bicyclic) bond motifs is 3. The molecule has 11 heteroatoms. The number of hydrogen-bond donors (Lipinski definition) is 1. The molecule has 1 aliphatic rings. The maximum atomic E-state index is 12.0. The average Bonchev–Trinajstić information content (AvgIpc) is 3.76. The van der Waals surface area contributed by atoms with Gasteiger partial charge in [0.15, 0.2) is 11.2 Å². The maximum absolute atomic E-state index is 12.0. The minimum atomic E-state index is -0.674. The zero-order valence-corrected chi connectivity index (χ0v) is 28.4. The Morgan fingerprint density at radius 1 is 0.808 bits per heavy atom. The summed E-state index contributed by atoms with van der Waals surface area (Å²) in [6.07, 6.45) is -0.0321. The molecule has 0 bridgehead atoms. The highest BCUT2D eigenvalue weighted by molar-refractivity contribution is 6.33. The van der Waals surface area contributed by atoms with Gasteiger partial charge in [0.1, 0.15) is 31.6 Å². The molecule has 1 fully saturated rings. The highest BCUT2D eigenvalue weighted by Crippen LogP contribution is 2.44. The van der Waals surface area contributed by atoms with Gasteiger partial charge in [-0.1, -0.05) is 97.1 Å². The number of carbonyl (C=O) groups is 2. The largest absolute Gasteiger partial charge is 0.471 e. The van der Waals surface area contributed by atoms with Gasteiger partial charge in [-0.25, -0.2) is 4.98 Å². The summed E-state index contributed by atoms with van der Waals surface area (Å²) in [7, 11) is 0. The molecule has 1 saturated heterocycles. The predicted molar refractivity (Wildman–Crippen MR) is 198 cm³/mol. The van der Waals surface area contributed by atoms with Crippen LogP contribution in [0.2, 0.25) is 0 Å². The summed E-state index contributed by atoms with van der Waals surface area (Å²) in [5.41, 5.74) is 2.74. The van der Waals surface area contributed by atoms with Crippen LogP contribution in [0.5, 0.6) is 5.88 Å². The molecule has 1 aliphatic heterocycles. The molecule has 0 spiro atoms. The van der Waals surface area contributed by atoms with Crippen molar-refractivity contribution < 1.29 is 28.5 Å². The van der Waals surface area contributed by atoms with E-state index >= 15 is 0 Å². The first-order valence-electron chi connectivity index (χ1n) is 17.1. The fourth-order valence-electron chi connectivity index (χ4n) is 7.38. The van der Waals surface area contributed by atoms with Crippen LogP contribution in [0.4, 0.5) is 11.6 Å². The number of imidazole rings is 1. The van der Waals surface area contributed by atoms with Crippen LogP contribution in [0.3, 0.4) is 0 Å². The molecular weight excluding hydrogens is 658 g/mol. The van der Waals surface area contributed by atoms with Crippen molar-refractivity contribution in [1.29, 1.82) is 0 Å². The third kappa shape index (κ3) is 5.55. The Hall–Kier alpha value is -6.33. The molecule has 3 heterocycles. The third-order valence-corrected chi connectivity index (χ3v) is 9.64. The van der Waals surface area contributed by atoms with Crippen molar-refractivity contribution in [3.05, 3.63) is 109 Å². The van der Waals surface area contributed by atoms with Gasteiger partial charge in [0.05, 0.1) is 12.0 Å². The minimum absolute atomic E-state index is 0.0641. The number of rotatable bonds is 9. The highest BCUT2D eigenvalue weighted by atomic mass is 16.6. The van der Waals surface area contributed by atoms with E-state index < -0.39 is 30.4 Å². The van der Waals surface area contributed by atoms with Gasteiger partial charge in [-0.15, -0.1) is 0 Å². The minimum Gasteiger partial charge on any atom is -0.471 e. The maximum Gasteiger partial charge on any atom is 0.303 e. The van der Waals surface area contributed by atoms with Gasteiger partial charge in [-0.05, 0) is 32.5 Å². The fourth-order valence-corrected chi connectivity index (χ4v) is 7.38. The second kappa shape index (κ2) is 12.8. The second-order valence-electron chi connectivity index (χ2n) is 13.0. The number of esters is 2. The predicted octanol–water partition coefficient (Wildman–Crippen LogP) is 7.98. The summed E-state index contributed by atoms with van der Waals surface area (Å²) in [6, 6.07) is 33.2. The number of hydrogen-bond acceptors (Lipinski definition) is 10. The standard InChI is InChI=1S/C41H33N5O6/c1-23(47)49-21-33-32(51-24(2)48)19-34(52-33)46-22-42-38-39(46)44-41(45-40(38)50-20-25-9-4-3-5-10-25)43-37-30-14-7-6-13-28(30)29-17-15-26-11-8-12-27-16-18-31(37)36(29)35(26)27/h3-18,22,32-34H,19-21H2,1-2H3,(H,43,44,45)/t32-,33+,34+/m0/s1. The van der Waals surface area contributed by atoms with Gasteiger partial charge in [-0.2, -0.15) is 9.97 Å². The molecule has 9 rings (SSSR count). The lowest BCUT2D eigenvalue weighted by Gasteiger charge is -2.19. The SMILES string of the molecule is CC(=O)OC[C@H]1O[C@@H](n2cnc3c(OCc4ccccc4)nc(Nc4c5ccccc5c5ccc6cccc7ccc4c5c76)nc32)C[C@@H]1OC(C)=O. The van der Waals surface area contributed by atoms with Gasteiger partial charge < -0.3 is 24.3 Å². The van der Waals surface area contributed by atoms with Gasteiger partial charge in [0.25, 0.3) is 0 Å². The summed E-state index contributed by atoms with van der Waals surface area (Å²) < 4.78 is 25.3. The van der Waals surface area contributed by atoms with Crippen LogP contribution >= 0.6 is 0 Å². The quantitative estimate of drug-likeness (QED) is 0.0904. The monoisotopic (exact) mass is 691 g/mol. The number of benzene rings is 6. The van der Waals surface area contributed by atoms with Crippen molar-refractivity contribution in [3.8, 4) is 5.88 Å². The van der Waals surface area contributed by atoms with E-state index in [0.29, 0.717) is 29.4 Å². The van der Waals surface area contributed by atoms with Crippen LogP contribution in [-0.4, -0.2) is 50.3 Å². The summed E-state index contributed by atoms with van der Waals surface area (Å²) in [6.45, 7) is 2.86. The topological polar surface area (TPSA) is 127 Å². The number of nitrogens with zero attached hydrogens (tertiary/aromatic N) is 4. The van der Waals surface area contributed by atoms with Gasteiger partial charge >= 0.3 is 11.9 Å². The zero-order chi connectivity index (χ0) is 35.3. The van der Waals surface area contributed by atoms with Crippen LogP contribution in [0.25, 0.3) is 54.3 Å². The number of carbonyl (C=O) groups excluding carboxylic acids is 2. The molecule has 11 nitrogen and oxygen atoms in total. The first-order valence-corrected chi connectivity index (χ1v) is 17.1. The molecule has 0 radical (unpaired) electrons. The summed E-state index contributed by atoms with van der Waals surface area (Å²) in [5.74, 6) is -0.306. The van der Waals surface area contributed by atoms with Gasteiger partial charge in [0, 0.05) is 36.4 Å². The van der Waals surface area contributed by atoms with Crippen LogP contribution in [0, 0.1) is 0 Å². The van der Waals surface area contributed by atoms with Crippen molar-refractivity contribution in [2.45, 2.75) is 45.3 Å². The molecule has 0 amide bonds. The zero-order valence-electron chi connectivity index (χ0n) is 28.4. The van der Waals surface area contributed by atoms with E-state index in [1.807, 2.05) is 36.4 Å². The molecule has 0 aliphatic carbocycles. The van der Waals surface area contributed by atoms with Gasteiger partial charge in [-0.3, -0.25) is 14.2 Å². The van der Waals surface area contributed by atoms with Crippen molar-refractivity contribution in [3.63, 3.8) is 0 Å². The lowest BCUT2D eigenvalue weighted by molar-refractivity contribution is -0.155. The van der Waals surface area contributed by atoms with Crippen molar-refractivity contribution in [1.82, 2.24) is 19.5 Å². The van der Waals surface area contributed by atoms with Crippen LogP contribution < -0.4 is 10.1 Å². The molecule has 52 heavy (non-hydrogen) atoms.